The van der Waals surface area contributed by atoms with Crippen molar-refractivity contribution >= 4 is 28.2 Å². The first kappa shape index (κ1) is 16.1. The molecule has 0 fully saturated rings. The van der Waals surface area contributed by atoms with Gasteiger partial charge in [0.05, 0.1) is 12.0 Å². The van der Waals surface area contributed by atoms with E-state index in [0.29, 0.717) is 23.7 Å². The Morgan fingerprint density at radius 1 is 1.50 bits per heavy atom. The number of carbonyl (C=O) groups is 1. The molecule has 6 nitrogen and oxygen atoms in total. The van der Waals surface area contributed by atoms with Crippen LogP contribution in [0, 0.1) is 12.3 Å². The van der Waals surface area contributed by atoms with Crippen LogP contribution in [0.1, 0.15) is 22.8 Å². The lowest BCUT2D eigenvalue weighted by Crippen LogP contribution is -2.22. The molecule has 24 heavy (non-hydrogen) atoms. The lowest BCUT2D eigenvalue weighted by molar-refractivity contribution is -0.116. The number of methoxy groups -OCH3 is 1. The van der Waals surface area contributed by atoms with Gasteiger partial charge in [-0.1, -0.05) is 23.3 Å². The van der Waals surface area contributed by atoms with Crippen molar-refractivity contribution < 1.29 is 14.3 Å². The molecule has 0 unspecified atom stereocenters. The van der Waals surface area contributed by atoms with Gasteiger partial charge in [-0.2, -0.15) is 0 Å². The first-order chi connectivity index (χ1) is 11.7. The van der Waals surface area contributed by atoms with Crippen molar-refractivity contribution in [1.82, 2.24) is 4.98 Å². The third-order valence-corrected chi connectivity index (χ3v) is 4.92. The quantitative estimate of drug-likeness (QED) is 0.817. The molecule has 7 heteroatoms. The number of rotatable bonds is 5. The van der Waals surface area contributed by atoms with Gasteiger partial charge in [-0.25, -0.2) is 4.98 Å². The van der Waals surface area contributed by atoms with Gasteiger partial charge in [0.2, 0.25) is 5.91 Å². The van der Waals surface area contributed by atoms with E-state index in [1.54, 1.807) is 7.11 Å². The lowest BCUT2D eigenvalue weighted by Gasteiger charge is -2.22. The third-order valence-electron chi connectivity index (χ3n) is 3.73. The maximum atomic E-state index is 12.0. The summed E-state index contributed by atoms with van der Waals surface area (Å²) < 4.78 is 10.9. The number of thiazole rings is 1. The topological polar surface area (TPSA) is 72.5 Å². The summed E-state index contributed by atoms with van der Waals surface area (Å²) in [5, 5.41) is 6.61. The summed E-state index contributed by atoms with van der Waals surface area (Å²) in [4.78, 5) is 17.4. The van der Waals surface area contributed by atoms with Gasteiger partial charge in [-0.15, -0.1) is 6.42 Å². The molecule has 0 spiro atoms. The first-order valence-electron chi connectivity index (χ1n) is 7.38. The van der Waals surface area contributed by atoms with E-state index in [-0.39, 0.29) is 18.4 Å². The van der Waals surface area contributed by atoms with Crippen LogP contribution >= 0.6 is 11.3 Å². The zero-order valence-electron chi connectivity index (χ0n) is 13.4. The first-order valence-corrected chi connectivity index (χ1v) is 8.20. The lowest BCUT2D eigenvalue weighted by atomic mass is 9.91. The molecular formula is C17H17N3O3S. The molecule has 2 aromatic rings. The van der Waals surface area contributed by atoms with Gasteiger partial charge >= 0.3 is 0 Å². The van der Waals surface area contributed by atoms with Crippen LogP contribution < -0.4 is 20.1 Å². The van der Waals surface area contributed by atoms with Gasteiger partial charge in [-0.3, -0.25) is 4.79 Å². The van der Waals surface area contributed by atoms with Crippen molar-refractivity contribution in [3.05, 3.63) is 28.6 Å². The van der Waals surface area contributed by atoms with Gasteiger partial charge in [0.15, 0.2) is 16.6 Å². The van der Waals surface area contributed by atoms with E-state index >= 15 is 0 Å². The molecule has 124 valence electrons. The summed E-state index contributed by atoms with van der Waals surface area (Å²) in [6.07, 6.45) is 5.59. The zero-order chi connectivity index (χ0) is 17.1. The minimum atomic E-state index is -0.0658. The fourth-order valence-electron chi connectivity index (χ4n) is 2.63. The van der Waals surface area contributed by atoms with Crippen LogP contribution in [0.5, 0.6) is 11.5 Å². The van der Waals surface area contributed by atoms with Crippen LogP contribution in [0.2, 0.25) is 0 Å². The van der Waals surface area contributed by atoms with Crippen LogP contribution in [-0.2, 0) is 4.79 Å². The minimum absolute atomic E-state index is 0.0490. The largest absolute Gasteiger partial charge is 0.493 e. The summed E-state index contributed by atoms with van der Waals surface area (Å²) in [7, 11) is 3.38. The maximum Gasteiger partial charge on any atom is 0.226 e. The van der Waals surface area contributed by atoms with Gasteiger partial charge in [-0.05, 0) is 17.7 Å². The highest BCUT2D eigenvalue weighted by molar-refractivity contribution is 7.16. The SMILES string of the molecule is C#CCOc1ccc([C@@H]2CC(=O)Nc3nc(NC)sc32)cc1OC. The number of hydrogen-bond acceptors (Lipinski definition) is 6. The normalized spacial score (nSPS) is 15.9. The number of terminal acetylenes is 1. The Bertz CT molecular complexity index is 810. The molecule has 3 rings (SSSR count). The number of nitrogens with zero attached hydrogens (tertiary/aromatic N) is 1. The Morgan fingerprint density at radius 2 is 2.33 bits per heavy atom. The Labute approximate surface area is 144 Å². The highest BCUT2D eigenvalue weighted by atomic mass is 32.1. The van der Waals surface area contributed by atoms with Crippen LogP contribution in [-0.4, -0.2) is 31.7 Å². The highest BCUT2D eigenvalue weighted by Crippen LogP contribution is 2.43. The van der Waals surface area contributed by atoms with Crippen LogP contribution in [0.25, 0.3) is 0 Å². The smallest absolute Gasteiger partial charge is 0.226 e. The van der Waals surface area contributed by atoms with Crippen molar-refractivity contribution in [1.29, 1.82) is 0 Å². The van der Waals surface area contributed by atoms with E-state index in [1.807, 2.05) is 25.2 Å². The van der Waals surface area contributed by atoms with E-state index < -0.39 is 0 Å². The number of fused-ring (bicyclic) bond motifs is 1. The molecule has 0 saturated heterocycles. The minimum Gasteiger partial charge on any atom is -0.493 e. The van der Waals surface area contributed by atoms with Gasteiger partial charge < -0.3 is 20.1 Å². The summed E-state index contributed by atoms with van der Waals surface area (Å²) in [6, 6.07) is 5.63. The molecule has 0 aliphatic carbocycles. The number of anilines is 2. The predicted molar refractivity (Wildman–Crippen MR) is 94.1 cm³/mol. The van der Waals surface area contributed by atoms with Gasteiger partial charge in [0, 0.05) is 19.4 Å². The highest BCUT2D eigenvalue weighted by Gasteiger charge is 2.30. The predicted octanol–water partition coefficient (Wildman–Crippen LogP) is 2.68. The molecule has 1 aromatic carbocycles. The molecular weight excluding hydrogens is 326 g/mol. The summed E-state index contributed by atoms with van der Waals surface area (Å²) in [6.45, 7) is 0.173. The van der Waals surface area contributed by atoms with E-state index in [1.165, 1.54) is 11.3 Å². The fraction of sp³-hybridized carbons (Fsp3) is 0.294. The van der Waals surface area contributed by atoms with E-state index in [0.717, 1.165) is 15.6 Å². The molecule has 2 heterocycles. The van der Waals surface area contributed by atoms with Crippen LogP contribution in [0.15, 0.2) is 18.2 Å². The second-order valence-electron chi connectivity index (χ2n) is 5.19. The Balaban J connectivity index is 1.98. The third kappa shape index (κ3) is 3.01. The number of hydrogen-bond donors (Lipinski definition) is 2. The Hall–Kier alpha value is -2.72. The van der Waals surface area contributed by atoms with Crippen molar-refractivity contribution in [2.45, 2.75) is 12.3 Å². The summed E-state index contributed by atoms with van der Waals surface area (Å²) in [5.74, 6) is 4.11. The van der Waals surface area contributed by atoms with Gasteiger partial charge in [0.25, 0.3) is 0 Å². The van der Waals surface area contributed by atoms with E-state index in [9.17, 15) is 4.79 Å². The molecule has 0 saturated carbocycles. The van der Waals surface area contributed by atoms with E-state index in [2.05, 4.69) is 21.5 Å². The molecule has 0 radical (unpaired) electrons. The number of carbonyl (C=O) groups excluding carboxylic acids is 1. The molecule has 2 N–H and O–H groups in total. The molecule has 1 atom stereocenters. The van der Waals surface area contributed by atoms with Crippen molar-refractivity contribution in [2.24, 2.45) is 0 Å². The van der Waals surface area contributed by atoms with Crippen molar-refractivity contribution in [3.63, 3.8) is 0 Å². The van der Waals surface area contributed by atoms with Gasteiger partial charge in [0.1, 0.15) is 12.4 Å². The zero-order valence-corrected chi connectivity index (χ0v) is 14.2. The average molecular weight is 343 g/mol. The van der Waals surface area contributed by atoms with Crippen LogP contribution in [0.3, 0.4) is 0 Å². The Morgan fingerprint density at radius 3 is 3.04 bits per heavy atom. The molecule has 0 bridgehead atoms. The fourth-order valence-corrected chi connectivity index (χ4v) is 3.64. The standard InChI is InChI=1S/C17H17N3O3S/c1-4-7-23-12-6-5-10(8-13(12)22-3)11-9-14(21)19-16-15(11)24-17(18-2)20-16/h1,5-6,8,11H,7,9H2,2-3H3,(H,18,20)(H,19,21)/t11-/m0/s1. The molecule has 1 aliphatic rings. The maximum absolute atomic E-state index is 12.0. The molecule has 1 aromatic heterocycles. The monoisotopic (exact) mass is 343 g/mol. The second-order valence-corrected chi connectivity index (χ2v) is 6.22. The Kier molecular flexibility index (Phi) is 4.58. The number of amides is 1. The van der Waals surface area contributed by atoms with Crippen molar-refractivity contribution in [3.8, 4) is 23.8 Å². The molecule has 1 amide bonds. The second kappa shape index (κ2) is 6.81. The summed E-state index contributed by atoms with van der Waals surface area (Å²) >= 11 is 1.54. The summed E-state index contributed by atoms with van der Waals surface area (Å²) in [5.41, 5.74) is 0.974. The number of ether oxygens (including phenoxy) is 2. The average Bonchev–Trinajstić information content (AvgIpc) is 3.02. The number of benzene rings is 1. The number of nitrogens with one attached hydrogen (secondary N) is 2. The van der Waals surface area contributed by atoms with Crippen LogP contribution in [0.4, 0.5) is 10.9 Å². The van der Waals surface area contributed by atoms with Crippen molar-refractivity contribution in [2.75, 3.05) is 31.4 Å². The molecule has 1 aliphatic heterocycles. The van der Waals surface area contributed by atoms with E-state index in [4.69, 9.17) is 15.9 Å². The number of aromatic nitrogens is 1.